The van der Waals surface area contributed by atoms with E-state index < -0.39 is 0 Å². The van der Waals surface area contributed by atoms with Gasteiger partial charge >= 0.3 is 0 Å². The number of nitrogens with zero attached hydrogens (tertiary/aromatic N) is 3. The molecule has 3 atom stereocenters. The lowest BCUT2D eigenvalue weighted by Gasteiger charge is -2.40. The van der Waals surface area contributed by atoms with Crippen LogP contribution in [-0.4, -0.2) is 81.8 Å². The summed E-state index contributed by atoms with van der Waals surface area (Å²) in [5, 5.41) is 7.19. The molecule has 0 spiro atoms. The van der Waals surface area contributed by atoms with Gasteiger partial charge in [0.25, 0.3) is 0 Å². The van der Waals surface area contributed by atoms with E-state index in [1.807, 2.05) is 7.05 Å². The van der Waals surface area contributed by atoms with Crippen LogP contribution in [0.5, 0.6) is 0 Å². The van der Waals surface area contributed by atoms with Crippen molar-refractivity contribution in [2.75, 3.05) is 60.0 Å². The molecule has 0 aromatic heterocycles. The lowest BCUT2D eigenvalue weighted by atomic mass is 9.89. The Balaban J connectivity index is 1.53. The number of hydrogen-bond acceptors (Lipinski definition) is 4. The smallest absolute Gasteiger partial charge is 0.191 e. The highest BCUT2D eigenvalue weighted by molar-refractivity contribution is 5.79. The van der Waals surface area contributed by atoms with Gasteiger partial charge in [-0.2, -0.15) is 0 Å². The Morgan fingerprint density at radius 3 is 2.48 bits per heavy atom. The van der Waals surface area contributed by atoms with Crippen molar-refractivity contribution in [2.24, 2.45) is 16.8 Å². The molecule has 2 aliphatic rings. The molecule has 2 fully saturated rings. The number of guanidine groups is 1. The summed E-state index contributed by atoms with van der Waals surface area (Å²) >= 11 is 0. The van der Waals surface area contributed by atoms with E-state index in [0.29, 0.717) is 17.9 Å². The summed E-state index contributed by atoms with van der Waals surface area (Å²) in [4.78, 5) is 9.54. The summed E-state index contributed by atoms with van der Waals surface area (Å²) in [6.45, 7) is 14.0. The second kappa shape index (κ2) is 11.8. The van der Waals surface area contributed by atoms with Crippen molar-refractivity contribution < 1.29 is 4.74 Å². The fourth-order valence-electron chi connectivity index (χ4n) is 4.77. The van der Waals surface area contributed by atoms with Crippen molar-refractivity contribution in [3.63, 3.8) is 0 Å². The van der Waals surface area contributed by atoms with Gasteiger partial charge in [0, 0.05) is 64.9 Å². The van der Waals surface area contributed by atoms with Crippen molar-refractivity contribution in [2.45, 2.75) is 45.8 Å². The standard InChI is InChI=1S/C25H43N5O/c1-19(2)23(30-14-12-29(5)13-15-30)18-28-25(26-4)27-17-22-7-6-16-31-24(22)21-10-8-20(3)9-11-21/h8-11,19,22-24H,6-7,12-18H2,1-5H3,(H2,26,27,28). The molecule has 1 aromatic rings. The number of nitrogens with one attached hydrogen (secondary N) is 2. The Morgan fingerprint density at radius 2 is 1.84 bits per heavy atom. The van der Waals surface area contributed by atoms with Crippen LogP contribution in [0.25, 0.3) is 0 Å². The van der Waals surface area contributed by atoms with E-state index in [1.165, 1.54) is 17.5 Å². The van der Waals surface area contributed by atoms with E-state index in [4.69, 9.17) is 4.74 Å². The zero-order valence-electron chi connectivity index (χ0n) is 20.2. The number of piperazine rings is 1. The van der Waals surface area contributed by atoms with Crippen LogP contribution < -0.4 is 10.6 Å². The highest BCUT2D eigenvalue weighted by Crippen LogP contribution is 2.33. The van der Waals surface area contributed by atoms with Gasteiger partial charge in [0.15, 0.2) is 5.96 Å². The molecule has 6 heteroatoms. The number of ether oxygens (including phenoxy) is 1. The van der Waals surface area contributed by atoms with Gasteiger partial charge in [-0.25, -0.2) is 0 Å². The first-order valence-corrected chi connectivity index (χ1v) is 12.0. The predicted octanol–water partition coefficient (Wildman–Crippen LogP) is 2.90. The fraction of sp³-hybridized carbons (Fsp3) is 0.720. The SMILES string of the molecule is CN=C(NCC1CCCOC1c1ccc(C)cc1)NCC(C(C)C)N1CCN(C)CC1. The third-order valence-electron chi connectivity index (χ3n) is 6.86. The maximum Gasteiger partial charge on any atom is 0.191 e. The summed E-state index contributed by atoms with van der Waals surface area (Å²) in [6.07, 6.45) is 2.46. The van der Waals surface area contributed by atoms with Crippen molar-refractivity contribution in [1.29, 1.82) is 0 Å². The molecular weight excluding hydrogens is 386 g/mol. The van der Waals surface area contributed by atoms with E-state index in [2.05, 4.69) is 77.5 Å². The summed E-state index contributed by atoms with van der Waals surface area (Å²) in [6, 6.07) is 9.32. The maximum absolute atomic E-state index is 6.19. The molecule has 6 nitrogen and oxygen atoms in total. The second-order valence-electron chi connectivity index (χ2n) is 9.59. The van der Waals surface area contributed by atoms with Gasteiger partial charge in [-0.15, -0.1) is 0 Å². The molecule has 31 heavy (non-hydrogen) atoms. The summed E-state index contributed by atoms with van der Waals surface area (Å²) in [7, 11) is 4.08. The largest absolute Gasteiger partial charge is 0.373 e. The number of aryl methyl sites for hydroxylation is 1. The second-order valence-corrected chi connectivity index (χ2v) is 9.59. The first kappa shape index (κ1) is 24.0. The number of likely N-dealkylation sites (N-methyl/N-ethyl adjacent to an activating group) is 1. The predicted molar refractivity (Wildman–Crippen MR) is 130 cm³/mol. The van der Waals surface area contributed by atoms with Gasteiger partial charge in [0.2, 0.25) is 0 Å². The van der Waals surface area contributed by atoms with Crippen LogP contribution in [0.1, 0.15) is 43.9 Å². The molecule has 1 aromatic carbocycles. The molecule has 174 valence electrons. The monoisotopic (exact) mass is 429 g/mol. The van der Waals surface area contributed by atoms with Crippen LogP contribution in [0.3, 0.4) is 0 Å². The topological polar surface area (TPSA) is 52.1 Å². The van der Waals surface area contributed by atoms with Crippen LogP contribution in [-0.2, 0) is 4.74 Å². The molecule has 0 aliphatic carbocycles. The van der Waals surface area contributed by atoms with E-state index in [0.717, 1.165) is 58.3 Å². The zero-order valence-corrected chi connectivity index (χ0v) is 20.2. The highest BCUT2D eigenvalue weighted by atomic mass is 16.5. The normalized spacial score (nSPS) is 24.9. The number of aliphatic imine (C=N–C) groups is 1. The van der Waals surface area contributed by atoms with Gasteiger partial charge in [-0.3, -0.25) is 9.89 Å². The minimum absolute atomic E-state index is 0.161. The van der Waals surface area contributed by atoms with Crippen LogP contribution in [0, 0.1) is 18.8 Å². The minimum Gasteiger partial charge on any atom is -0.373 e. The molecular formula is C25H43N5O. The highest BCUT2D eigenvalue weighted by Gasteiger charge is 2.28. The van der Waals surface area contributed by atoms with E-state index >= 15 is 0 Å². The quantitative estimate of drug-likeness (QED) is 0.516. The molecule has 2 aliphatic heterocycles. The molecule has 0 amide bonds. The van der Waals surface area contributed by atoms with Crippen LogP contribution >= 0.6 is 0 Å². The average molecular weight is 430 g/mol. The molecule has 3 unspecified atom stereocenters. The molecule has 2 heterocycles. The Bertz CT molecular complexity index is 682. The van der Waals surface area contributed by atoms with Crippen LogP contribution in [0.4, 0.5) is 0 Å². The van der Waals surface area contributed by atoms with Gasteiger partial charge < -0.3 is 20.3 Å². The average Bonchev–Trinajstić information content (AvgIpc) is 2.78. The van der Waals surface area contributed by atoms with E-state index in [1.54, 1.807) is 0 Å². The Kier molecular flexibility index (Phi) is 9.17. The van der Waals surface area contributed by atoms with Crippen LogP contribution in [0.2, 0.25) is 0 Å². The summed E-state index contributed by atoms with van der Waals surface area (Å²) in [5.74, 6) is 1.95. The molecule has 2 saturated heterocycles. The van der Waals surface area contributed by atoms with Gasteiger partial charge in [-0.05, 0) is 38.3 Å². The zero-order chi connectivity index (χ0) is 22.2. The fourth-order valence-corrected chi connectivity index (χ4v) is 4.77. The number of rotatable bonds is 7. The number of benzene rings is 1. The van der Waals surface area contributed by atoms with Crippen molar-refractivity contribution in [1.82, 2.24) is 20.4 Å². The molecule has 2 N–H and O–H groups in total. The molecule has 0 radical (unpaired) electrons. The summed E-state index contributed by atoms with van der Waals surface area (Å²) < 4.78 is 6.19. The minimum atomic E-state index is 0.161. The van der Waals surface area contributed by atoms with Crippen LogP contribution in [0.15, 0.2) is 29.3 Å². The molecule has 3 rings (SSSR count). The Labute approximate surface area is 189 Å². The third-order valence-corrected chi connectivity index (χ3v) is 6.86. The van der Waals surface area contributed by atoms with E-state index in [9.17, 15) is 0 Å². The van der Waals surface area contributed by atoms with Crippen molar-refractivity contribution in [3.05, 3.63) is 35.4 Å². The van der Waals surface area contributed by atoms with Gasteiger partial charge in [-0.1, -0.05) is 43.7 Å². The Hall–Kier alpha value is -1.63. The van der Waals surface area contributed by atoms with Gasteiger partial charge in [0.05, 0.1) is 6.10 Å². The molecule has 0 bridgehead atoms. The van der Waals surface area contributed by atoms with Crippen molar-refractivity contribution in [3.8, 4) is 0 Å². The first-order chi connectivity index (χ1) is 15.0. The van der Waals surface area contributed by atoms with Gasteiger partial charge in [0.1, 0.15) is 0 Å². The molecule has 0 saturated carbocycles. The Morgan fingerprint density at radius 1 is 1.13 bits per heavy atom. The maximum atomic E-state index is 6.19. The van der Waals surface area contributed by atoms with E-state index in [-0.39, 0.29) is 6.10 Å². The number of hydrogen-bond donors (Lipinski definition) is 2. The lowest BCUT2D eigenvalue weighted by molar-refractivity contribution is -0.0265. The summed E-state index contributed by atoms with van der Waals surface area (Å²) in [5.41, 5.74) is 2.58. The first-order valence-electron chi connectivity index (χ1n) is 12.0. The van der Waals surface area contributed by atoms with Crippen molar-refractivity contribution >= 4 is 5.96 Å². The third kappa shape index (κ3) is 6.93. The lowest BCUT2D eigenvalue weighted by Crippen LogP contribution is -2.55.